The highest BCUT2D eigenvalue weighted by atomic mass is 35.5. The lowest BCUT2D eigenvalue weighted by atomic mass is 9.73. The number of ketones is 1. The number of esters is 1. The molecule has 1 N–H and O–H groups in total. The average Bonchev–Trinajstić information content (AvgIpc) is 3.78. The van der Waals surface area contributed by atoms with Crippen molar-refractivity contribution in [3.63, 3.8) is 0 Å². The van der Waals surface area contributed by atoms with E-state index < -0.39 is 95.9 Å². The lowest BCUT2D eigenvalue weighted by molar-refractivity contribution is -0.301. The monoisotopic (exact) mass is 879 g/mol. The largest absolute Gasteiger partial charge is 0.458 e. The van der Waals surface area contributed by atoms with Crippen LogP contribution in [0.3, 0.4) is 0 Å². The van der Waals surface area contributed by atoms with Gasteiger partial charge in [-0.3, -0.25) is 14.5 Å². The SMILES string of the molecule is CC[C@@H]1OC(=O)[C@H](C)[C@H](OC(=O)N2CCOC2=O)[C@H](C)[C@@H](O[C@@H]2O[C@H](C)C[C@H](N(C)CC)[C@H]2O)[C@@](C)(OC)C[C@@H](C)C(=O)[C@@H](C)[C@H]2N(CCc3ccc(Cl)cc3)C(=O)O[C@]12C. The number of carbonyl (C=O) groups excluding carboxylic acids is 5. The first kappa shape index (κ1) is 48.5. The van der Waals surface area contributed by atoms with Crippen LogP contribution >= 0.6 is 11.6 Å². The highest BCUT2D eigenvalue weighted by Gasteiger charge is 2.60. The molecule has 4 heterocycles. The Morgan fingerprint density at radius 3 is 2.28 bits per heavy atom. The van der Waals surface area contributed by atoms with Gasteiger partial charge in [0.1, 0.15) is 30.7 Å². The molecule has 0 spiro atoms. The summed E-state index contributed by atoms with van der Waals surface area (Å²) >= 11 is 6.14. The number of likely N-dealkylation sites (N-methyl/N-ethyl adjacent to an activating group) is 1. The van der Waals surface area contributed by atoms with Crippen molar-refractivity contribution >= 4 is 41.6 Å². The van der Waals surface area contributed by atoms with E-state index in [4.69, 9.17) is 44.8 Å². The minimum Gasteiger partial charge on any atom is -0.458 e. The summed E-state index contributed by atoms with van der Waals surface area (Å²) in [5, 5.41) is 12.4. The number of halogens is 1. The second-order valence-electron chi connectivity index (χ2n) is 17.7. The maximum absolute atomic E-state index is 14.9. The molecule has 0 saturated carbocycles. The van der Waals surface area contributed by atoms with Gasteiger partial charge in [-0.25, -0.2) is 19.3 Å². The Labute approximate surface area is 364 Å². The standard InChI is InChI=1S/C44H66ClN3O13/c1-12-32-44(9)36(47(42(54)61-44)19-18-29-14-16-30(45)17-15-29)26(5)33(49)24(3)23-43(8,55-11)37(60-39-34(50)31(46(10)13-2)22-25(4)57-39)27(6)35(28(7)38(51)58-32)59-41(53)48-20-21-56-40(48)52/h14-17,24-28,31-32,34-37,39,50H,12-13,18-23H2,1-11H3/t24-,25-,26-,27+,28-,31+,32+,34-,35-,36-,37-,39+,43+,44-/m1/s1. The van der Waals surface area contributed by atoms with Crippen LogP contribution in [0.25, 0.3) is 0 Å². The molecule has 4 aliphatic heterocycles. The predicted octanol–water partition coefficient (Wildman–Crippen LogP) is 5.86. The number of Topliss-reactive ketones (excluding diaryl/α,β-unsaturated/α-hetero) is 1. The number of aliphatic hydroxyl groups excluding tert-OH is 1. The van der Waals surface area contributed by atoms with Crippen molar-refractivity contribution in [3.8, 4) is 0 Å². The van der Waals surface area contributed by atoms with E-state index in [0.717, 1.165) is 10.5 Å². The second-order valence-corrected chi connectivity index (χ2v) is 18.2. The van der Waals surface area contributed by atoms with Crippen molar-refractivity contribution in [2.45, 2.75) is 148 Å². The zero-order chi connectivity index (χ0) is 45.1. The number of hydrogen-bond acceptors (Lipinski definition) is 14. The smallest absolute Gasteiger partial charge is 0.419 e. The van der Waals surface area contributed by atoms with Crippen LogP contribution in [0.5, 0.6) is 0 Å². The molecular weight excluding hydrogens is 814 g/mol. The lowest BCUT2D eigenvalue weighted by Gasteiger charge is -2.48. The fraction of sp³-hybridized carbons (Fsp3) is 0.750. The van der Waals surface area contributed by atoms with E-state index in [2.05, 4.69) is 0 Å². The van der Waals surface area contributed by atoms with Gasteiger partial charge >= 0.3 is 24.2 Å². The van der Waals surface area contributed by atoms with Crippen molar-refractivity contribution in [2.75, 3.05) is 40.4 Å². The van der Waals surface area contributed by atoms with E-state index in [9.17, 15) is 29.1 Å². The Kier molecular flexibility index (Phi) is 15.8. The summed E-state index contributed by atoms with van der Waals surface area (Å²) in [7, 11) is 3.38. The first-order valence-corrected chi connectivity index (χ1v) is 22.0. The zero-order valence-electron chi connectivity index (χ0n) is 37.5. The molecule has 4 fully saturated rings. The summed E-state index contributed by atoms with van der Waals surface area (Å²) < 4.78 is 43.1. The van der Waals surface area contributed by atoms with Crippen LogP contribution in [0.2, 0.25) is 5.02 Å². The Morgan fingerprint density at radius 1 is 1.02 bits per heavy atom. The number of imide groups is 1. The average molecular weight is 880 g/mol. The predicted molar refractivity (Wildman–Crippen MR) is 223 cm³/mol. The maximum Gasteiger partial charge on any atom is 0.419 e. The van der Waals surface area contributed by atoms with Gasteiger partial charge in [-0.1, -0.05) is 58.4 Å². The molecule has 61 heavy (non-hydrogen) atoms. The Hall–Kier alpha value is -3.54. The quantitative estimate of drug-likeness (QED) is 0.218. The van der Waals surface area contributed by atoms with Gasteiger partial charge in [0.2, 0.25) is 0 Å². The van der Waals surface area contributed by atoms with Crippen molar-refractivity contribution in [3.05, 3.63) is 34.9 Å². The number of carbonyl (C=O) groups is 5. The second kappa shape index (κ2) is 19.9. The number of fused-ring (bicyclic) bond motifs is 1. The van der Waals surface area contributed by atoms with Gasteiger partial charge in [0.25, 0.3) is 0 Å². The van der Waals surface area contributed by atoms with Crippen molar-refractivity contribution in [1.82, 2.24) is 14.7 Å². The van der Waals surface area contributed by atoms with Crippen molar-refractivity contribution in [2.24, 2.45) is 23.7 Å². The molecule has 5 rings (SSSR count). The number of cyclic esters (lactones) is 2. The fourth-order valence-electron chi connectivity index (χ4n) is 9.86. The summed E-state index contributed by atoms with van der Waals surface area (Å²) in [6.07, 6.45) is -7.46. The van der Waals surface area contributed by atoms with Crippen LogP contribution in [-0.4, -0.2) is 150 Å². The highest BCUT2D eigenvalue weighted by molar-refractivity contribution is 6.30. The van der Waals surface area contributed by atoms with Crippen LogP contribution in [0, 0.1) is 23.7 Å². The zero-order valence-corrected chi connectivity index (χ0v) is 38.2. The molecule has 4 aliphatic rings. The molecule has 0 aromatic heterocycles. The van der Waals surface area contributed by atoms with E-state index in [1.807, 2.05) is 37.9 Å². The molecule has 16 nitrogen and oxygen atoms in total. The maximum atomic E-state index is 14.9. The van der Waals surface area contributed by atoms with Gasteiger partial charge in [-0.2, -0.15) is 0 Å². The van der Waals surface area contributed by atoms with E-state index in [1.54, 1.807) is 65.5 Å². The Bertz CT molecular complexity index is 1740. The Morgan fingerprint density at radius 2 is 1.69 bits per heavy atom. The number of benzene rings is 1. The third-order valence-electron chi connectivity index (χ3n) is 13.5. The number of methoxy groups -OCH3 is 1. The van der Waals surface area contributed by atoms with Gasteiger partial charge in [0, 0.05) is 42.5 Å². The molecule has 0 bridgehead atoms. The highest BCUT2D eigenvalue weighted by Crippen LogP contribution is 2.44. The summed E-state index contributed by atoms with van der Waals surface area (Å²) in [5.41, 5.74) is -1.93. The van der Waals surface area contributed by atoms with E-state index in [0.29, 0.717) is 24.4 Å². The van der Waals surface area contributed by atoms with Gasteiger partial charge < -0.3 is 43.2 Å². The molecular formula is C44H66ClN3O13. The molecule has 1 aromatic carbocycles. The fourth-order valence-corrected chi connectivity index (χ4v) is 9.98. The molecule has 4 saturated heterocycles. The molecule has 1 aromatic rings. The van der Waals surface area contributed by atoms with Gasteiger partial charge in [-0.05, 0) is 84.7 Å². The number of rotatable bonds is 10. The number of amides is 3. The minimum atomic E-state index is -1.49. The number of nitrogens with zero attached hydrogens (tertiary/aromatic N) is 3. The summed E-state index contributed by atoms with van der Waals surface area (Å²) in [5.74, 6) is -4.64. The van der Waals surface area contributed by atoms with E-state index in [1.165, 1.54) is 7.11 Å². The molecule has 17 heteroatoms. The first-order chi connectivity index (χ1) is 28.7. The van der Waals surface area contributed by atoms with Gasteiger partial charge in [-0.15, -0.1) is 0 Å². The van der Waals surface area contributed by atoms with Crippen LogP contribution in [0.4, 0.5) is 14.4 Å². The molecule has 3 amide bonds. The number of aliphatic hydroxyl groups is 1. The molecule has 0 unspecified atom stereocenters. The van der Waals surface area contributed by atoms with Crippen LogP contribution in [-0.2, 0) is 49.2 Å². The van der Waals surface area contributed by atoms with Gasteiger partial charge in [0.05, 0.1) is 36.3 Å². The van der Waals surface area contributed by atoms with Crippen molar-refractivity contribution < 1.29 is 62.2 Å². The number of ether oxygens (including phenoxy) is 7. The van der Waals surface area contributed by atoms with Crippen LogP contribution < -0.4 is 0 Å². The summed E-state index contributed by atoms with van der Waals surface area (Å²) in [4.78, 5) is 74.1. The molecule has 342 valence electrons. The van der Waals surface area contributed by atoms with E-state index in [-0.39, 0.29) is 50.5 Å². The third kappa shape index (κ3) is 10.1. The molecule has 0 radical (unpaired) electrons. The number of hydrogen-bond donors (Lipinski definition) is 1. The minimum absolute atomic E-state index is 0.0284. The van der Waals surface area contributed by atoms with Crippen LogP contribution in [0.1, 0.15) is 87.1 Å². The Balaban J connectivity index is 1.61. The molecule has 14 atom stereocenters. The van der Waals surface area contributed by atoms with Crippen molar-refractivity contribution in [1.29, 1.82) is 0 Å². The normalized spacial score (nSPS) is 37.8. The topological polar surface area (TPSA) is 180 Å². The summed E-state index contributed by atoms with van der Waals surface area (Å²) in [6, 6.07) is 6.07. The van der Waals surface area contributed by atoms with E-state index >= 15 is 0 Å². The van der Waals surface area contributed by atoms with Gasteiger partial charge in [0.15, 0.2) is 11.9 Å². The first-order valence-electron chi connectivity index (χ1n) is 21.6. The summed E-state index contributed by atoms with van der Waals surface area (Å²) in [6.45, 7) is 16.7. The molecule has 0 aliphatic carbocycles. The lowest BCUT2D eigenvalue weighted by Crippen LogP contribution is -2.61. The third-order valence-corrected chi connectivity index (χ3v) is 13.8. The van der Waals surface area contributed by atoms with Crippen LogP contribution in [0.15, 0.2) is 24.3 Å².